The van der Waals surface area contributed by atoms with E-state index in [1.807, 2.05) is 38.0 Å². The van der Waals surface area contributed by atoms with Gasteiger partial charge in [0.05, 0.1) is 6.54 Å². The third-order valence-corrected chi connectivity index (χ3v) is 3.70. The van der Waals surface area contributed by atoms with Crippen LogP contribution in [0.4, 0.5) is 5.69 Å². The molecule has 110 valence electrons. The Bertz CT molecular complexity index is 481. The number of nitrogens with zero attached hydrogens (tertiary/aromatic N) is 4. The summed E-state index contributed by atoms with van der Waals surface area (Å²) in [4.78, 5) is 11.2. The number of aryl methyl sites for hydroxylation is 1. The van der Waals surface area contributed by atoms with Crippen LogP contribution >= 0.6 is 0 Å². The molecule has 0 amide bonds. The zero-order valence-corrected chi connectivity index (χ0v) is 13.3. The van der Waals surface area contributed by atoms with Gasteiger partial charge in [-0.25, -0.2) is 4.99 Å². The van der Waals surface area contributed by atoms with Gasteiger partial charge in [-0.15, -0.1) is 0 Å². The van der Waals surface area contributed by atoms with Crippen molar-refractivity contribution in [1.82, 2.24) is 9.80 Å². The van der Waals surface area contributed by atoms with E-state index in [0.29, 0.717) is 0 Å². The maximum atomic E-state index is 4.72. The van der Waals surface area contributed by atoms with Gasteiger partial charge in [-0.1, -0.05) is 12.1 Å². The summed E-state index contributed by atoms with van der Waals surface area (Å²) in [6.45, 7) is 1.90. The molecule has 0 N–H and O–H groups in total. The Morgan fingerprint density at radius 2 is 1.90 bits per heavy atom. The standard InChI is InChI=1S/C16H26N4/c1-18(2)16(19(3)4)17-12-13-8-9-15-14(11-13)7-6-10-20(15)5/h8-9,11H,6-7,10,12H2,1-5H3. The zero-order valence-electron chi connectivity index (χ0n) is 13.3. The SMILES string of the molecule is CN(C)C(=NCc1ccc2c(c1)CCCN2C)N(C)C. The highest BCUT2D eigenvalue weighted by molar-refractivity contribution is 5.79. The normalized spacial score (nSPS) is 13.8. The smallest absolute Gasteiger partial charge is 0.195 e. The van der Waals surface area contributed by atoms with Crippen LogP contribution in [0.2, 0.25) is 0 Å². The number of rotatable bonds is 2. The van der Waals surface area contributed by atoms with Crippen LogP contribution < -0.4 is 4.90 Å². The molecule has 0 radical (unpaired) electrons. The van der Waals surface area contributed by atoms with Gasteiger partial charge in [-0.3, -0.25) is 0 Å². The van der Waals surface area contributed by atoms with Gasteiger partial charge in [0, 0.05) is 47.5 Å². The van der Waals surface area contributed by atoms with Crippen molar-refractivity contribution in [2.45, 2.75) is 19.4 Å². The van der Waals surface area contributed by atoms with Crippen molar-refractivity contribution in [3.63, 3.8) is 0 Å². The minimum Gasteiger partial charge on any atom is -0.374 e. The first-order valence-electron chi connectivity index (χ1n) is 7.21. The summed E-state index contributed by atoms with van der Waals surface area (Å²) in [7, 11) is 10.3. The average molecular weight is 274 g/mol. The largest absolute Gasteiger partial charge is 0.374 e. The number of fused-ring (bicyclic) bond motifs is 1. The minimum absolute atomic E-state index is 0.739. The van der Waals surface area contributed by atoms with Gasteiger partial charge in [0.15, 0.2) is 5.96 Å². The predicted octanol–water partition coefficient (Wildman–Crippen LogP) is 2.05. The molecular weight excluding hydrogens is 248 g/mol. The minimum atomic E-state index is 0.739. The summed E-state index contributed by atoms with van der Waals surface area (Å²) >= 11 is 0. The van der Waals surface area contributed by atoms with Crippen LogP contribution in [0.3, 0.4) is 0 Å². The molecule has 0 atom stereocenters. The summed E-state index contributed by atoms with van der Waals surface area (Å²) in [6, 6.07) is 6.76. The lowest BCUT2D eigenvalue weighted by atomic mass is 10.00. The van der Waals surface area contributed by atoms with Crippen molar-refractivity contribution in [1.29, 1.82) is 0 Å². The van der Waals surface area contributed by atoms with Crippen molar-refractivity contribution in [3.8, 4) is 0 Å². The molecule has 0 aliphatic carbocycles. The number of hydrogen-bond donors (Lipinski definition) is 0. The van der Waals surface area contributed by atoms with Crippen molar-refractivity contribution >= 4 is 11.6 Å². The van der Waals surface area contributed by atoms with E-state index in [2.05, 4.69) is 30.1 Å². The summed E-state index contributed by atoms with van der Waals surface area (Å²) < 4.78 is 0. The summed E-state index contributed by atoms with van der Waals surface area (Å²) in [5, 5.41) is 0. The van der Waals surface area contributed by atoms with Gasteiger partial charge in [-0.2, -0.15) is 0 Å². The van der Waals surface area contributed by atoms with Gasteiger partial charge in [0.2, 0.25) is 0 Å². The van der Waals surface area contributed by atoms with Gasteiger partial charge >= 0.3 is 0 Å². The molecule has 1 aliphatic rings. The molecule has 4 nitrogen and oxygen atoms in total. The Labute approximate surface area is 122 Å². The fourth-order valence-corrected chi connectivity index (χ4v) is 2.78. The van der Waals surface area contributed by atoms with Crippen molar-refractivity contribution in [2.75, 3.05) is 46.7 Å². The maximum absolute atomic E-state index is 4.72. The monoisotopic (exact) mass is 274 g/mol. The van der Waals surface area contributed by atoms with E-state index in [1.54, 1.807) is 0 Å². The van der Waals surface area contributed by atoms with E-state index >= 15 is 0 Å². The Hall–Kier alpha value is -1.71. The van der Waals surface area contributed by atoms with E-state index in [-0.39, 0.29) is 0 Å². The number of aliphatic imine (C=N–C) groups is 1. The molecule has 1 aromatic rings. The number of benzene rings is 1. The Kier molecular flexibility index (Phi) is 4.53. The quantitative estimate of drug-likeness (QED) is 0.609. The molecule has 0 spiro atoms. The van der Waals surface area contributed by atoms with Gasteiger partial charge in [0.1, 0.15) is 0 Å². The molecule has 0 fully saturated rings. The molecule has 0 saturated heterocycles. The Morgan fingerprint density at radius 3 is 2.55 bits per heavy atom. The van der Waals surface area contributed by atoms with E-state index in [0.717, 1.165) is 19.0 Å². The molecule has 1 aromatic carbocycles. The molecule has 0 bridgehead atoms. The number of guanidine groups is 1. The second-order valence-corrected chi connectivity index (χ2v) is 5.89. The molecule has 20 heavy (non-hydrogen) atoms. The highest BCUT2D eigenvalue weighted by atomic mass is 15.3. The summed E-state index contributed by atoms with van der Waals surface area (Å²) in [6.07, 6.45) is 2.43. The third-order valence-electron chi connectivity index (χ3n) is 3.70. The molecular formula is C16H26N4. The van der Waals surface area contributed by atoms with E-state index in [1.165, 1.54) is 29.7 Å². The molecule has 1 heterocycles. The van der Waals surface area contributed by atoms with Crippen LogP contribution in [0, 0.1) is 0 Å². The van der Waals surface area contributed by atoms with Gasteiger partial charge in [-0.05, 0) is 30.0 Å². The van der Waals surface area contributed by atoms with Crippen LogP contribution in [0.15, 0.2) is 23.2 Å². The third kappa shape index (κ3) is 3.24. The van der Waals surface area contributed by atoms with Crippen LogP contribution in [0.5, 0.6) is 0 Å². The molecule has 4 heteroatoms. The second kappa shape index (κ2) is 6.16. The molecule has 0 saturated carbocycles. The fourth-order valence-electron chi connectivity index (χ4n) is 2.78. The molecule has 0 unspecified atom stereocenters. The first-order valence-corrected chi connectivity index (χ1v) is 7.21. The highest BCUT2D eigenvalue weighted by Crippen LogP contribution is 2.26. The first-order chi connectivity index (χ1) is 9.49. The van der Waals surface area contributed by atoms with Crippen LogP contribution in [0.25, 0.3) is 0 Å². The topological polar surface area (TPSA) is 22.1 Å². The summed E-state index contributed by atoms with van der Waals surface area (Å²) in [5.41, 5.74) is 4.13. The van der Waals surface area contributed by atoms with Crippen molar-refractivity contribution in [3.05, 3.63) is 29.3 Å². The lowest BCUT2D eigenvalue weighted by Crippen LogP contribution is -2.35. The van der Waals surface area contributed by atoms with E-state index < -0.39 is 0 Å². The lowest BCUT2D eigenvalue weighted by molar-refractivity contribution is 0.479. The predicted molar refractivity (Wildman–Crippen MR) is 86.5 cm³/mol. The fraction of sp³-hybridized carbons (Fsp3) is 0.562. The highest BCUT2D eigenvalue weighted by Gasteiger charge is 2.13. The van der Waals surface area contributed by atoms with Crippen LogP contribution in [-0.4, -0.2) is 57.5 Å². The Morgan fingerprint density at radius 1 is 1.20 bits per heavy atom. The first kappa shape index (κ1) is 14.7. The molecule has 1 aliphatic heterocycles. The van der Waals surface area contributed by atoms with Crippen LogP contribution in [0.1, 0.15) is 17.5 Å². The molecule has 0 aromatic heterocycles. The van der Waals surface area contributed by atoms with E-state index in [9.17, 15) is 0 Å². The second-order valence-electron chi connectivity index (χ2n) is 5.89. The van der Waals surface area contributed by atoms with Crippen LogP contribution in [-0.2, 0) is 13.0 Å². The number of hydrogen-bond acceptors (Lipinski definition) is 2. The van der Waals surface area contributed by atoms with Crippen molar-refractivity contribution < 1.29 is 0 Å². The Balaban J connectivity index is 2.16. The van der Waals surface area contributed by atoms with Crippen molar-refractivity contribution in [2.24, 2.45) is 4.99 Å². The zero-order chi connectivity index (χ0) is 14.7. The lowest BCUT2D eigenvalue weighted by Gasteiger charge is -2.28. The van der Waals surface area contributed by atoms with Gasteiger partial charge in [0.25, 0.3) is 0 Å². The van der Waals surface area contributed by atoms with E-state index in [4.69, 9.17) is 4.99 Å². The molecule has 2 rings (SSSR count). The maximum Gasteiger partial charge on any atom is 0.195 e. The summed E-state index contributed by atoms with van der Waals surface area (Å²) in [5.74, 6) is 1.000. The average Bonchev–Trinajstić information content (AvgIpc) is 2.38. The number of anilines is 1. The van der Waals surface area contributed by atoms with Gasteiger partial charge < -0.3 is 14.7 Å².